The van der Waals surface area contributed by atoms with E-state index in [0.717, 1.165) is 28.0 Å². The summed E-state index contributed by atoms with van der Waals surface area (Å²) in [5.41, 5.74) is 9.23. The number of hydrogen-bond donors (Lipinski definition) is 3. The van der Waals surface area contributed by atoms with Gasteiger partial charge in [-0.3, -0.25) is 14.4 Å². The predicted octanol–water partition coefficient (Wildman–Crippen LogP) is 2.43. The minimum atomic E-state index is -4.15. The maximum absolute atomic E-state index is 14.0. The van der Waals surface area contributed by atoms with Gasteiger partial charge in [-0.05, 0) is 41.0 Å². The van der Waals surface area contributed by atoms with E-state index in [1.165, 1.54) is 0 Å². The number of benzene rings is 3. The van der Waals surface area contributed by atoms with Gasteiger partial charge in [0.25, 0.3) is 5.91 Å². The first-order chi connectivity index (χ1) is 26.1. The fraction of sp³-hybridized carbons (Fsp3) is 0.306. The number of nitrogens with two attached hydrogens (primary N) is 1. The van der Waals surface area contributed by atoms with E-state index >= 15 is 0 Å². The van der Waals surface area contributed by atoms with Crippen LogP contribution in [0.25, 0.3) is 21.3 Å². The van der Waals surface area contributed by atoms with Crippen molar-refractivity contribution in [2.75, 3.05) is 45.1 Å². The van der Waals surface area contributed by atoms with Gasteiger partial charge in [0.1, 0.15) is 11.6 Å². The number of ether oxygens (including phenoxy) is 2. The molecule has 2 amide bonds. The topological polar surface area (TPSA) is 226 Å². The summed E-state index contributed by atoms with van der Waals surface area (Å²) >= 11 is 1.14. The van der Waals surface area contributed by atoms with E-state index in [0.29, 0.717) is 42.1 Å². The zero-order valence-electron chi connectivity index (χ0n) is 28.9. The van der Waals surface area contributed by atoms with Gasteiger partial charge in [0.15, 0.2) is 21.4 Å². The number of carbonyl (C=O) groups excluding carboxylic acids is 4. The van der Waals surface area contributed by atoms with E-state index < -0.39 is 38.8 Å². The quantitative estimate of drug-likeness (QED) is 0.0967. The molecule has 2 aromatic heterocycles. The molecule has 1 fully saturated rings. The second kappa shape index (κ2) is 17.6. The van der Waals surface area contributed by atoms with E-state index in [9.17, 15) is 27.6 Å². The molecule has 282 valence electrons. The zero-order valence-corrected chi connectivity index (χ0v) is 30.5. The number of hydrogen-bond acceptors (Lipinski definition) is 15. The molecule has 1 saturated heterocycles. The molecule has 0 aliphatic carbocycles. The molecule has 1 aliphatic heterocycles. The highest BCUT2D eigenvalue weighted by molar-refractivity contribution is 7.92. The lowest BCUT2D eigenvalue weighted by molar-refractivity contribution is -0.130. The van der Waals surface area contributed by atoms with Crippen LogP contribution in [-0.2, 0) is 42.1 Å². The lowest BCUT2D eigenvalue weighted by atomic mass is 10.0. The fourth-order valence-corrected chi connectivity index (χ4v) is 8.51. The average molecular weight is 776 g/mol. The molecule has 3 aromatic carbocycles. The van der Waals surface area contributed by atoms with Gasteiger partial charge in [0.2, 0.25) is 17.6 Å². The highest BCUT2D eigenvalue weighted by Gasteiger charge is 2.37. The van der Waals surface area contributed by atoms with Crippen molar-refractivity contribution >= 4 is 55.5 Å². The number of ketones is 1. The number of nitrogens with one attached hydrogen (secondary N) is 2. The summed E-state index contributed by atoms with van der Waals surface area (Å²) in [4.78, 5) is 53.9. The zero-order chi connectivity index (χ0) is 38.1. The van der Waals surface area contributed by atoms with Crippen molar-refractivity contribution in [2.24, 2.45) is 5.73 Å². The van der Waals surface area contributed by atoms with Gasteiger partial charge in [-0.15, -0.1) is 21.5 Å². The number of thiazole rings is 1. The van der Waals surface area contributed by atoms with Crippen LogP contribution in [-0.4, -0.2) is 104 Å². The summed E-state index contributed by atoms with van der Waals surface area (Å²) < 4.78 is 45.0. The first-order valence-electron chi connectivity index (χ1n) is 16.9. The number of fused-ring (bicyclic) bond motifs is 1. The number of aromatic nitrogens is 3. The molecule has 1 aliphatic rings. The van der Waals surface area contributed by atoms with Crippen molar-refractivity contribution in [1.82, 2.24) is 30.7 Å². The summed E-state index contributed by atoms with van der Waals surface area (Å²) in [5.74, 6) is -1.58. The first kappa shape index (κ1) is 38.3. The Morgan fingerprint density at radius 2 is 1.74 bits per heavy atom. The summed E-state index contributed by atoms with van der Waals surface area (Å²) in [5, 5.41) is 12.0. The van der Waals surface area contributed by atoms with Gasteiger partial charge in [0, 0.05) is 31.7 Å². The second-order valence-electron chi connectivity index (χ2n) is 12.2. The van der Waals surface area contributed by atoms with Crippen LogP contribution in [0.5, 0.6) is 0 Å². The number of Topliss-reactive ketones (excluding diaryl/α,β-unsaturated/α-hetero) is 1. The molecule has 3 heterocycles. The Kier molecular flexibility index (Phi) is 12.5. The lowest BCUT2D eigenvalue weighted by Gasteiger charge is -2.26. The van der Waals surface area contributed by atoms with Crippen LogP contribution >= 0.6 is 11.3 Å². The van der Waals surface area contributed by atoms with Crippen molar-refractivity contribution in [3.63, 3.8) is 0 Å². The van der Waals surface area contributed by atoms with Gasteiger partial charge in [-0.1, -0.05) is 48.5 Å². The van der Waals surface area contributed by atoms with Crippen LogP contribution in [0.4, 0.5) is 4.79 Å². The molecule has 0 radical (unpaired) electrons. The SMILES string of the molecule is NC(CNCc1nnc(C(c2nc3ccc(-c4ccc(C(=O)N5CCOCC5)cc4)cc3s2)S(=O)(=O)CCNC(=O)OCc2ccccc2)o1)C(=O)C=O. The lowest BCUT2D eigenvalue weighted by Crippen LogP contribution is -2.40. The summed E-state index contributed by atoms with van der Waals surface area (Å²) in [6, 6.07) is 20.8. The van der Waals surface area contributed by atoms with Gasteiger partial charge in [0.05, 0.1) is 41.8 Å². The Morgan fingerprint density at radius 3 is 2.48 bits per heavy atom. The van der Waals surface area contributed by atoms with Crippen molar-refractivity contribution < 1.29 is 41.5 Å². The normalized spacial score (nSPS) is 14.4. The molecule has 16 nitrogen and oxygen atoms in total. The highest BCUT2D eigenvalue weighted by atomic mass is 32.2. The number of morpholine rings is 1. The third kappa shape index (κ3) is 9.57. The third-order valence-corrected chi connectivity index (χ3v) is 11.6. The van der Waals surface area contributed by atoms with Crippen molar-refractivity contribution in [2.45, 2.75) is 24.4 Å². The maximum Gasteiger partial charge on any atom is 0.407 e. The van der Waals surface area contributed by atoms with E-state index in [-0.39, 0.29) is 55.2 Å². The summed E-state index contributed by atoms with van der Waals surface area (Å²) in [6.07, 6.45) is -0.647. The van der Waals surface area contributed by atoms with Crippen LogP contribution in [0.2, 0.25) is 0 Å². The molecule has 18 heteroatoms. The number of sulfone groups is 1. The van der Waals surface area contributed by atoms with Crippen LogP contribution in [0.1, 0.15) is 38.0 Å². The molecule has 0 saturated carbocycles. The Labute approximate surface area is 314 Å². The number of rotatable bonds is 16. The molecule has 4 N–H and O–H groups in total. The van der Waals surface area contributed by atoms with Crippen LogP contribution in [0, 0.1) is 0 Å². The van der Waals surface area contributed by atoms with Crippen LogP contribution < -0.4 is 16.4 Å². The van der Waals surface area contributed by atoms with Gasteiger partial charge in [-0.25, -0.2) is 18.2 Å². The molecule has 2 unspecified atom stereocenters. The van der Waals surface area contributed by atoms with Crippen molar-refractivity contribution in [1.29, 1.82) is 0 Å². The number of carbonyl (C=O) groups is 4. The molecule has 0 spiro atoms. The molecular formula is C36H37N7O9S2. The Morgan fingerprint density at radius 1 is 1.00 bits per heavy atom. The minimum absolute atomic E-state index is 0.0116. The Hall–Kier alpha value is -5.40. The first-order valence-corrected chi connectivity index (χ1v) is 19.5. The van der Waals surface area contributed by atoms with Crippen LogP contribution in [0.15, 0.2) is 77.2 Å². The smallest absolute Gasteiger partial charge is 0.407 e. The number of nitrogens with zero attached hydrogens (tertiary/aromatic N) is 4. The number of amides is 2. The van der Waals surface area contributed by atoms with Gasteiger partial charge < -0.3 is 35.2 Å². The molecular weight excluding hydrogens is 739 g/mol. The van der Waals surface area contributed by atoms with Crippen LogP contribution in [0.3, 0.4) is 0 Å². The Balaban J connectivity index is 1.20. The predicted molar refractivity (Wildman–Crippen MR) is 197 cm³/mol. The van der Waals surface area contributed by atoms with Gasteiger partial charge >= 0.3 is 6.09 Å². The van der Waals surface area contributed by atoms with E-state index in [4.69, 9.17) is 19.6 Å². The fourth-order valence-electron chi connectivity index (χ4n) is 5.56. The maximum atomic E-state index is 14.0. The van der Waals surface area contributed by atoms with Gasteiger partial charge in [-0.2, -0.15) is 0 Å². The summed E-state index contributed by atoms with van der Waals surface area (Å²) in [6.45, 7) is 1.73. The standard InChI is InChI=1S/C36H37N7O9S2/c37-27(29(45)21-44)19-38-20-31-41-42-33(52-31)32(54(48,49)17-12-39-36(47)51-22-23-4-2-1-3-5-23)34-40-28-11-10-26(18-30(28)53-34)24-6-8-25(9-7-24)35(46)43-13-15-50-16-14-43/h1-11,18,21,27,32,38H,12-17,19-20,22,37H2,(H,39,47). The highest BCUT2D eigenvalue weighted by Crippen LogP contribution is 2.37. The minimum Gasteiger partial charge on any atom is -0.445 e. The third-order valence-electron chi connectivity index (χ3n) is 8.45. The average Bonchev–Trinajstić information content (AvgIpc) is 3.83. The molecule has 5 aromatic rings. The van der Waals surface area contributed by atoms with E-state index in [2.05, 4.69) is 25.8 Å². The van der Waals surface area contributed by atoms with Crippen molar-refractivity contribution in [3.8, 4) is 11.1 Å². The molecule has 2 atom stereocenters. The monoisotopic (exact) mass is 775 g/mol. The second-order valence-corrected chi connectivity index (χ2v) is 15.5. The number of alkyl carbamates (subject to hydrolysis) is 1. The largest absolute Gasteiger partial charge is 0.445 e. The Bertz CT molecular complexity index is 2200. The molecule has 54 heavy (non-hydrogen) atoms. The van der Waals surface area contributed by atoms with Crippen molar-refractivity contribution in [3.05, 3.63) is 101 Å². The molecule has 0 bridgehead atoms. The number of aldehydes is 1. The summed E-state index contributed by atoms with van der Waals surface area (Å²) in [7, 11) is -4.15. The van der Waals surface area contributed by atoms with E-state index in [1.54, 1.807) is 35.2 Å². The van der Waals surface area contributed by atoms with E-state index in [1.807, 2.05) is 42.5 Å². The molecule has 6 rings (SSSR count).